The Labute approximate surface area is 164 Å². The molecule has 2 aromatic rings. The highest BCUT2D eigenvalue weighted by Crippen LogP contribution is 2.19. The fourth-order valence-electron chi connectivity index (χ4n) is 3.12. The van der Waals surface area contributed by atoms with Crippen molar-refractivity contribution in [2.24, 2.45) is 10.9 Å². The average Bonchev–Trinajstić information content (AvgIpc) is 2.62. The van der Waals surface area contributed by atoms with Crippen LogP contribution in [0.3, 0.4) is 0 Å². The number of aliphatic imine (C=N–C) groups is 1. The van der Waals surface area contributed by atoms with Crippen molar-refractivity contribution in [3.63, 3.8) is 0 Å². The summed E-state index contributed by atoms with van der Waals surface area (Å²) in [5, 5.41) is 0. The number of aromatic nitrogens is 3. The zero-order chi connectivity index (χ0) is 19.6. The normalized spacial score (nSPS) is 12.2. The molecule has 0 unspecified atom stereocenters. The van der Waals surface area contributed by atoms with Gasteiger partial charge in [0.2, 0.25) is 5.95 Å². The Morgan fingerprint density at radius 3 is 2.56 bits per heavy atom. The number of nitrogens with zero attached hydrogens (tertiary/aromatic N) is 5. The molecule has 0 aliphatic rings. The van der Waals surface area contributed by atoms with Gasteiger partial charge in [0.25, 0.3) is 0 Å². The van der Waals surface area contributed by atoms with Gasteiger partial charge in [-0.1, -0.05) is 34.1 Å². The molecular formula is C22H33N5. The van der Waals surface area contributed by atoms with E-state index in [1.165, 1.54) is 0 Å². The zero-order valence-electron chi connectivity index (χ0n) is 17.4. The molecule has 0 aromatic carbocycles. The zero-order valence-corrected chi connectivity index (χ0v) is 17.4. The molecule has 0 saturated heterocycles. The van der Waals surface area contributed by atoms with Gasteiger partial charge in [0.05, 0.1) is 11.4 Å². The van der Waals surface area contributed by atoms with Crippen LogP contribution in [-0.4, -0.2) is 38.7 Å². The molecule has 0 spiro atoms. The summed E-state index contributed by atoms with van der Waals surface area (Å²) in [4.78, 5) is 20.5. The van der Waals surface area contributed by atoms with Crippen molar-refractivity contribution >= 4 is 11.7 Å². The molecule has 0 atom stereocenters. The largest absolute Gasteiger partial charge is 0.297 e. The summed E-state index contributed by atoms with van der Waals surface area (Å²) in [5.74, 6) is 1.18. The summed E-state index contributed by atoms with van der Waals surface area (Å²) in [6.45, 7) is 14.0. The van der Waals surface area contributed by atoms with Crippen LogP contribution in [0.15, 0.2) is 35.6 Å². The molecule has 146 valence electrons. The van der Waals surface area contributed by atoms with E-state index in [1.54, 1.807) is 6.20 Å². The first-order chi connectivity index (χ1) is 13.0. The van der Waals surface area contributed by atoms with Crippen LogP contribution in [0, 0.1) is 5.92 Å². The van der Waals surface area contributed by atoms with E-state index in [0.717, 1.165) is 61.6 Å². The van der Waals surface area contributed by atoms with Gasteiger partial charge in [-0.2, -0.15) is 0 Å². The summed E-state index contributed by atoms with van der Waals surface area (Å²) in [6.07, 6.45) is 6.87. The maximum absolute atomic E-state index is 4.67. The Hall–Kier alpha value is -2.14. The third-order valence-electron chi connectivity index (χ3n) is 4.21. The van der Waals surface area contributed by atoms with E-state index in [2.05, 4.69) is 64.7 Å². The van der Waals surface area contributed by atoms with Gasteiger partial charge in [-0.15, -0.1) is 0 Å². The molecular weight excluding hydrogens is 334 g/mol. The van der Waals surface area contributed by atoms with Crippen molar-refractivity contribution in [3.8, 4) is 11.3 Å². The van der Waals surface area contributed by atoms with Gasteiger partial charge in [-0.05, 0) is 50.4 Å². The molecule has 0 N–H and O–H groups in total. The lowest BCUT2D eigenvalue weighted by Crippen LogP contribution is -2.28. The lowest BCUT2D eigenvalue weighted by atomic mass is 10.1. The minimum absolute atomic E-state index is 0.522. The van der Waals surface area contributed by atoms with E-state index in [4.69, 9.17) is 0 Å². The molecule has 0 amide bonds. The monoisotopic (exact) mass is 367 g/mol. The highest BCUT2D eigenvalue weighted by Gasteiger charge is 2.09. The van der Waals surface area contributed by atoms with Crippen LogP contribution in [0.2, 0.25) is 0 Å². The third kappa shape index (κ3) is 7.18. The first-order valence-electron chi connectivity index (χ1n) is 10.1. The fraction of sp³-hybridized carbons (Fsp3) is 0.545. The Morgan fingerprint density at radius 1 is 1.11 bits per heavy atom. The molecule has 0 aliphatic carbocycles. The SMILES string of the molecule is CCCC(C)=Nc1nccc(-c2ccc(CN(CCC)CC(C)C)nc2)n1. The van der Waals surface area contributed by atoms with E-state index in [0.29, 0.717) is 11.9 Å². The second kappa shape index (κ2) is 10.9. The molecule has 0 aliphatic heterocycles. The summed E-state index contributed by atoms with van der Waals surface area (Å²) in [6, 6.07) is 6.11. The Morgan fingerprint density at radius 2 is 1.93 bits per heavy atom. The van der Waals surface area contributed by atoms with Crippen molar-refractivity contribution in [3.05, 3.63) is 36.3 Å². The van der Waals surface area contributed by atoms with Gasteiger partial charge < -0.3 is 0 Å². The van der Waals surface area contributed by atoms with Crippen LogP contribution in [0.4, 0.5) is 5.95 Å². The van der Waals surface area contributed by atoms with Crippen molar-refractivity contribution < 1.29 is 0 Å². The van der Waals surface area contributed by atoms with E-state index in [1.807, 2.05) is 19.2 Å². The van der Waals surface area contributed by atoms with Crippen molar-refractivity contribution in [1.29, 1.82) is 0 Å². The van der Waals surface area contributed by atoms with Gasteiger partial charge in [0.1, 0.15) is 0 Å². The first-order valence-corrected chi connectivity index (χ1v) is 10.1. The molecule has 0 bridgehead atoms. The number of rotatable bonds is 10. The molecule has 0 fully saturated rings. The van der Waals surface area contributed by atoms with Crippen LogP contribution in [0.25, 0.3) is 11.3 Å². The van der Waals surface area contributed by atoms with Gasteiger partial charge in [0.15, 0.2) is 0 Å². The van der Waals surface area contributed by atoms with Crippen molar-refractivity contribution in [1.82, 2.24) is 19.9 Å². The highest BCUT2D eigenvalue weighted by atomic mass is 15.1. The minimum Gasteiger partial charge on any atom is -0.297 e. The van der Waals surface area contributed by atoms with Crippen LogP contribution in [0.5, 0.6) is 0 Å². The van der Waals surface area contributed by atoms with Crippen molar-refractivity contribution in [2.75, 3.05) is 13.1 Å². The van der Waals surface area contributed by atoms with Crippen molar-refractivity contribution in [2.45, 2.75) is 60.4 Å². The Balaban J connectivity index is 2.11. The summed E-state index contributed by atoms with van der Waals surface area (Å²) >= 11 is 0. The summed E-state index contributed by atoms with van der Waals surface area (Å²) < 4.78 is 0. The summed E-state index contributed by atoms with van der Waals surface area (Å²) in [7, 11) is 0. The quantitative estimate of drug-likeness (QED) is 0.535. The Kier molecular flexibility index (Phi) is 8.52. The first kappa shape index (κ1) is 21.2. The predicted octanol–water partition coefficient (Wildman–Crippen LogP) is 5.30. The van der Waals surface area contributed by atoms with E-state index >= 15 is 0 Å². The van der Waals surface area contributed by atoms with E-state index < -0.39 is 0 Å². The third-order valence-corrected chi connectivity index (χ3v) is 4.21. The lowest BCUT2D eigenvalue weighted by Gasteiger charge is -2.23. The maximum Gasteiger partial charge on any atom is 0.249 e. The molecule has 27 heavy (non-hydrogen) atoms. The fourth-order valence-corrected chi connectivity index (χ4v) is 3.12. The molecule has 5 heteroatoms. The standard InChI is InChI=1S/C22H33N5/c1-6-8-18(5)25-22-23-12-11-21(26-22)19-9-10-20(24-14-19)16-27(13-7-2)15-17(3)4/h9-12,14,17H,6-8,13,15-16H2,1-5H3. The average molecular weight is 368 g/mol. The van der Waals surface area contributed by atoms with Gasteiger partial charge in [-0.3, -0.25) is 9.88 Å². The van der Waals surface area contributed by atoms with Crippen LogP contribution < -0.4 is 0 Å². The smallest absolute Gasteiger partial charge is 0.249 e. The van der Waals surface area contributed by atoms with Crippen LogP contribution in [-0.2, 0) is 6.54 Å². The van der Waals surface area contributed by atoms with Gasteiger partial charge in [-0.25, -0.2) is 15.0 Å². The predicted molar refractivity (Wildman–Crippen MR) is 113 cm³/mol. The van der Waals surface area contributed by atoms with E-state index in [9.17, 15) is 0 Å². The molecule has 5 nitrogen and oxygen atoms in total. The molecule has 2 rings (SSSR count). The minimum atomic E-state index is 0.522. The van der Waals surface area contributed by atoms with Gasteiger partial charge >= 0.3 is 0 Å². The highest BCUT2D eigenvalue weighted by molar-refractivity contribution is 5.83. The van der Waals surface area contributed by atoms with Crippen LogP contribution in [0.1, 0.15) is 59.6 Å². The number of hydrogen-bond donors (Lipinski definition) is 0. The Bertz CT molecular complexity index is 722. The second-order valence-electron chi connectivity index (χ2n) is 7.51. The molecule has 0 radical (unpaired) electrons. The molecule has 0 saturated carbocycles. The number of hydrogen-bond acceptors (Lipinski definition) is 5. The molecule has 2 heterocycles. The van der Waals surface area contributed by atoms with Crippen LogP contribution >= 0.6 is 0 Å². The topological polar surface area (TPSA) is 54.3 Å². The molecule has 2 aromatic heterocycles. The lowest BCUT2D eigenvalue weighted by molar-refractivity contribution is 0.234. The van der Waals surface area contributed by atoms with Gasteiger partial charge in [0, 0.05) is 36.8 Å². The number of pyridine rings is 1. The van der Waals surface area contributed by atoms with E-state index in [-0.39, 0.29) is 0 Å². The summed E-state index contributed by atoms with van der Waals surface area (Å²) in [5.41, 5.74) is 4.01. The second-order valence-corrected chi connectivity index (χ2v) is 7.51. The maximum atomic E-state index is 4.67.